The molecule has 0 unspecified atom stereocenters. The van der Waals surface area contributed by atoms with Crippen LogP contribution >= 0.6 is 0 Å². The van der Waals surface area contributed by atoms with Crippen molar-refractivity contribution in [3.05, 3.63) is 65.5 Å². The maximum absolute atomic E-state index is 14.5. The van der Waals surface area contributed by atoms with Crippen molar-refractivity contribution in [1.82, 2.24) is 0 Å². The number of Topliss-reactive ketones (excluding diaryl/α,β-unsaturated/α-hetero) is 1. The molecule has 3 aromatic carbocycles. The Balaban J connectivity index is 2.06. The summed E-state index contributed by atoms with van der Waals surface area (Å²) >= 11 is 0. The number of ketones is 1. The second-order valence-corrected chi connectivity index (χ2v) is 7.33. The van der Waals surface area contributed by atoms with Crippen LogP contribution in [0.25, 0.3) is 21.9 Å². The zero-order chi connectivity index (χ0) is 21.9. The molecule has 30 heavy (non-hydrogen) atoms. The number of unbranched alkanes of at least 4 members (excludes halogenated alkanes) is 1. The van der Waals surface area contributed by atoms with Gasteiger partial charge in [0, 0.05) is 12.0 Å². The molecule has 3 aromatic rings. The lowest BCUT2D eigenvalue weighted by molar-refractivity contribution is -0.275. The van der Waals surface area contributed by atoms with Gasteiger partial charge >= 0.3 is 6.36 Å². The molecule has 3 rings (SSSR count). The Labute approximate surface area is 172 Å². The Kier molecular flexibility index (Phi) is 6.44. The number of carbonyl (C=O) groups is 1. The van der Waals surface area contributed by atoms with E-state index < -0.39 is 17.9 Å². The third-order valence-electron chi connectivity index (χ3n) is 4.90. The maximum Gasteiger partial charge on any atom is 0.573 e. The van der Waals surface area contributed by atoms with Crippen LogP contribution in [0, 0.1) is 5.82 Å². The summed E-state index contributed by atoms with van der Waals surface area (Å²) in [6.07, 6.45) is -2.20. The molecule has 0 saturated heterocycles. The quantitative estimate of drug-likeness (QED) is 0.386. The smallest absolute Gasteiger partial charge is 0.402 e. The molecule has 2 nitrogen and oxygen atoms in total. The lowest BCUT2D eigenvalue weighted by Gasteiger charge is -2.16. The second kappa shape index (κ2) is 8.86. The molecule has 158 valence electrons. The minimum absolute atomic E-state index is 0.101. The van der Waals surface area contributed by atoms with Gasteiger partial charge in [-0.25, -0.2) is 4.39 Å². The Hall–Kier alpha value is -2.89. The molecule has 0 aliphatic carbocycles. The molecule has 6 heteroatoms. The van der Waals surface area contributed by atoms with E-state index in [1.165, 1.54) is 12.5 Å². The highest BCUT2D eigenvalue weighted by atomic mass is 19.4. The Morgan fingerprint density at radius 3 is 2.27 bits per heavy atom. The Bertz CT molecular complexity index is 1050. The summed E-state index contributed by atoms with van der Waals surface area (Å²) in [5, 5.41) is 0.764. The molecule has 0 aliphatic heterocycles. The van der Waals surface area contributed by atoms with E-state index in [9.17, 15) is 22.4 Å². The number of aryl methyl sites for hydroxylation is 1. The van der Waals surface area contributed by atoms with Crippen molar-refractivity contribution in [2.45, 2.75) is 45.9 Å². The summed E-state index contributed by atoms with van der Waals surface area (Å²) in [5.74, 6) is -2.48. The van der Waals surface area contributed by atoms with Gasteiger partial charge in [0.05, 0.1) is 0 Å². The van der Waals surface area contributed by atoms with Crippen molar-refractivity contribution >= 4 is 16.6 Å². The minimum Gasteiger partial charge on any atom is -0.402 e. The molecule has 0 bridgehead atoms. The zero-order valence-electron chi connectivity index (χ0n) is 16.8. The predicted molar refractivity (Wildman–Crippen MR) is 109 cm³/mol. The van der Waals surface area contributed by atoms with E-state index >= 15 is 0 Å². The van der Waals surface area contributed by atoms with Gasteiger partial charge < -0.3 is 4.74 Å². The summed E-state index contributed by atoms with van der Waals surface area (Å²) in [7, 11) is 0. The van der Waals surface area contributed by atoms with Crippen LogP contribution in [0.2, 0.25) is 0 Å². The number of ether oxygens (including phenoxy) is 1. The standard InChI is InChI=1S/C24H22F4O2/c1-3-4-5-16-6-8-17(9-7-16)18-10-11-20-19(13-18)14-22(25)23(30-24(26,27)28)21(20)12-15(2)29/h6-11,13-14H,3-5,12H2,1-2H3. The molecular weight excluding hydrogens is 396 g/mol. The normalized spacial score (nSPS) is 11.7. The number of fused-ring (bicyclic) bond motifs is 1. The molecular formula is C24H22F4O2. The largest absolute Gasteiger partial charge is 0.573 e. The number of hydrogen-bond acceptors (Lipinski definition) is 2. The van der Waals surface area contributed by atoms with E-state index in [1.807, 2.05) is 24.3 Å². The van der Waals surface area contributed by atoms with Gasteiger partial charge in [-0.15, -0.1) is 13.2 Å². The summed E-state index contributed by atoms with van der Waals surface area (Å²) in [6.45, 7) is 3.37. The van der Waals surface area contributed by atoms with Crippen molar-refractivity contribution in [3.8, 4) is 16.9 Å². The lowest BCUT2D eigenvalue weighted by atomic mass is 9.95. The second-order valence-electron chi connectivity index (χ2n) is 7.33. The van der Waals surface area contributed by atoms with Crippen molar-refractivity contribution < 1.29 is 27.1 Å². The first kappa shape index (κ1) is 21.8. The summed E-state index contributed by atoms with van der Waals surface area (Å²) in [4.78, 5) is 11.6. The SMILES string of the molecule is CCCCc1ccc(-c2ccc3c(CC(C)=O)c(OC(F)(F)F)c(F)cc3c2)cc1. The zero-order valence-corrected chi connectivity index (χ0v) is 16.8. The summed E-state index contributed by atoms with van der Waals surface area (Å²) in [5.41, 5.74) is 2.85. The highest BCUT2D eigenvalue weighted by Crippen LogP contribution is 2.37. The predicted octanol–water partition coefficient (Wildman–Crippen LogP) is 7.02. The number of rotatable bonds is 7. The van der Waals surface area contributed by atoms with E-state index in [0.29, 0.717) is 10.8 Å². The molecule has 0 saturated carbocycles. The molecule has 0 aliphatic rings. The fourth-order valence-electron chi connectivity index (χ4n) is 3.50. The first-order chi connectivity index (χ1) is 14.2. The van der Waals surface area contributed by atoms with Crippen molar-refractivity contribution in [2.24, 2.45) is 0 Å². The van der Waals surface area contributed by atoms with Crippen LogP contribution in [0.15, 0.2) is 48.5 Å². The molecule has 0 N–H and O–H groups in total. The van der Waals surface area contributed by atoms with Crippen LogP contribution in [-0.4, -0.2) is 12.1 Å². The molecule has 0 amide bonds. The van der Waals surface area contributed by atoms with Crippen LogP contribution in [0.3, 0.4) is 0 Å². The monoisotopic (exact) mass is 418 g/mol. The average molecular weight is 418 g/mol. The summed E-state index contributed by atoms with van der Waals surface area (Å²) in [6, 6.07) is 14.1. The van der Waals surface area contributed by atoms with Gasteiger partial charge in [0.15, 0.2) is 11.6 Å². The molecule has 0 fully saturated rings. The number of halogens is 4. The van der Waals surface area contributed by atoms with Gasteiger partial charge in [0.1, 0.15) is 5.78 Å². The van der Waals surface area contributed by atoms with Crippen LogP contribution < -0.4 is 4.74 Å². The molecule has 0 radical (unpaired) electrons. The molecule has 0 atom stereocenters. The maximum atomic E-state index is 14.5. The first-order valence-electron chi connectivity index (χ1n) is 9.77. The molecule has 0 spiro atoms. The van der Waals surface area contributed by atoms with Crippen LogP contribution in [0.1, 0.15) is 37.8 Å². The van der Waals surface area contributed by atoms with Crippen molar-refractivity contribution in [3.63, 3.8) is 0 Å². The van der Waals surface area contributed by atoms with Crippen LogP contribution in [0.4, 0.5) is 17.6 Å². The summed E-state index contributed by atoms with van der Waals surface area (Å²) < 4.78 is 56.7. The molecule has 0 heterocycles. The Morgan fingerprint density at radius 1 is 1.00 bits per heavy atom. The first-order valence-corrected chi connectivity index (χ1v) is 9.77. The third-order valence-corrected chi connectivity index (χ3v) is 4.90. The Morgan fingerprint density at radius 2 is 1.67 bits per heavy atom. The van der Waals surface area contributed by atoms with Gasteiger partial charge in [0.2, 0.25) is 0 Å². The van der Waals surface area contributed by atoms with Gasteiger partial charge in [-0.05, 0) is 59.4 Å². The van der Waals surface area contributed by atoms with E-state index in [-0.39, 0.29) is 17.8 Å². The van der Waals surface area contributed by atoms with Crippen molar-refractivity contribution in [2.75, 3.05) is 0 Å². The van der Waals surface area contributed by atoms with Crippen LogP contribution in [0.5, 0.6) is 5.75 Å². The lowest BCUT2D eigenvalue weighted by Crippen LogP contribution is -2.19. The minimum atomic E-state index is -5.06. The van der Waals surface area contributed by atoms with E-state index in [4.69, 9.17) is 0 Å². The highest BCUT2D eigenvalue weighted by molar-refractivity contribution is 5.94. The van der Waals surface area contributed by atoms with Gasteiger partial charge in [0.25, 0.3) is 0 Å². The van der Waals surface area contributed by atoms with Gasteiger partial charge in [-0.3, -0.25) is 4.79 Å². The number of carbonyl (C=O) groups excluding carboxylic acids is 1. The fourth-order valence-corrected chi connectivity index (χ4v) is 3.50. The topological polar surface area (TPSA) is 26.3 Å². The number of hydrogen-bond donors (Lipinski definition) is 0. The van der Waals surface area contributed by atoms with E-state index in [1.54, 1.807) is 18.2 Å². The van der Waals surface area contributed by atoms with Crippen LogP contribution in [-0.2, 0) is 17.6 Å². The van der Waals surface area contributed by atoms with E-state index in [0.717, 1.165) is 36.5 Å². The average Bonchev–Trinajstić information content (AvgIpc) is 2.68. The van der Waals surface area contributed by atoms with E-state index in [2.05, 4.69) is 11.7 Å². The number of alkyl halides is 3. The number of benzene rings is 3. The van der Waals surface area contributed by atoms with Gasteiger partial charge in [-0.2, -0.15) is 0 Å². The van der Waals surface area contributed by atoms with Crippen molar-refractivity contribution in [1.29, 1.82) is 0 Å². The molecule has 0 aromatic heterocycles. The third kappa shape index (κ3) is 5.17. The fraction of sp³-hybridized carbons (Fsp3) is 0.292. The highest BCUT2D eigenvalue weighted by Gasteiger charge is 2.34. The van der Waals surface area contributed by atoms with Gasteiger partial charge in [-0.1, -0.05) is 49.7 Å².